The predicted octanol–water partition coefficient (Wildman–Crippen LogP) is 4.83. The van der Waals surface area contributed by atoms with Gasteiger partial charge in [-0.15, -0.1) is 0 Å². The number of amides is 1. The van der Waals surface area contributed by atoms with Gasteiger partial charge in [-0.2, -0.15) is 0 Å². The first-order chi connectivity index (χ1) is 16.0. The van der Waals surface area contributed by atoms with Crippen LogP contribution in [0.15, 0.2) is 54.6 Å². The minimum absolute atomic E-state index is 0.201. The molecular formula is C26H23FN2O4. The van der Waals surface area contributed by atoms with Gasteiger partial charge in [-0.05, 0) is 36.4 Å². The summed E-state index contributed by atoms with van der Waals surface area (Å²) in [7, 11) is 5.27. The molecule has 0 atom stereocenters. The highest BCUT2D eigenvalue weighted by Crippen LogP contribution is 2.43. The van der Waals surface area contributed by atoms with Gasteiger partial charge in [0.05, 0.1) is 25.5 Å². The summed E-state index contributed by atoms with van der Waals surface area (Å²) >= 11 is 0. The lowest BCUT2D eigenvalue weighted by Crippen LogP contribution is -2.17. The van der Waals surface area contributed by atoms with E-state index in [1.807, 2.05) is 37.4 Å². The number of nitrogens with zero attached hydrogens (tertiary/aromatic N) is 1. The van der Waals surface area contributed by atoms with Gasteiger partial charge in [0.15, 0.2) is 0 Å². The van der Waals surface area contributed by atoms with Crippen LogP contribution in [-0.2, 0) is 22.7 Å². The third-order valence-electron chi connectivity index (χ3n) is 6.02. The van der Waals surface area contributed by atoms with Crippen LogP contribution in [0.2, 0.25) is 0 Å². The number of hydrogen-bond acceptors (Lipinski definition) is 5. The Bertz CT molecular complexity index is 1300. The summed E-state index contributed by atoms with van der Waals surface area (Å²) < 4.78 is 30.9. The van der Waals surface area contributed by atoms with Gasteiger partial charge in [0, 0.05) is 47.6 Å². The SMILES string of the molecule is COc1ccc(CN(C)c2ccc3c(c2)CO/C3=C2/C(=O)Nc3c(F)cccc32)c(OC)c1. The van der Waals surface area contributed by atoms with E-state index in [1.54, 1.807) is 26.4 Å². The van der Waals surface area contributed by atoms with E-state index >= 15 is 0 Å². The average molecular weight is 446 g/mol. The van der Waals surface area contributed by atoms with Crippen molar-refractivity contribution < 1.29 is 23.4 Å². The van der Waals surface area contributed by atoms with Gasteiger partial charge in [0.2, 0.25) is 0 Å². The fourth-order valence-electron chi connectivity index (χ4n) is 4.31. The van der Waals surface area contributed by atoms with Gasteiger partial charge in [-0.25, -0.2) is 4.39 Å². The highest BCUT2D eigenvalue weighted by molar-refractivity contribution is 6.36. The first kappa shape index (κ1) is 20.9. The van der Waals surface area contributed by atoms with Crippen molar-refractivity contribution in [2.45, 2.75) is 13.2 Å². The molecule has 33 heavy (non-hydrogen) atoms. The van der Waals surface area contributed by atoms with Crippen LogP contribution in [0.5, 0.6) is 11.5 Å². The van der Waals surface area contributed by atoms with Gasteiger partial charge >= 0.3 is 0 Å². The Kier molecular flexibility index (Phi) is 5.17. The van der Waals surface area contributed by atoms with Crippen LogP contribution in [0.25, 0.3) is 11.3 Å². The third-order valence-corrected chi connectivity index (χ3v) is 6.02. The molecule has 2 aliphatic heterocycles. The molecule has 0 spiro atoms. The van der Waals surface area contributed by atoms with E-state index in [9.17, 15) is 9.18 Å². The molecule has 7 heteroatoms. The van der Waals surface area contributed by atoms with E-state index in [2.05, 4.69) is 16.3 Å². The molecule has 3 aromatic rings. The van der Waals surface area contributed by atoms with Crippen molar-refractivity contribution in [2.24, 2.45) is 0 Å². The maximum Gasteiger partial charge on any atom is 0.260 e. The van der Waals surface area contributed by atoms with Crippen molar-refractivity contribution in [1.29, 1.82) is 0 Å². The molecule has 1 amide bonds. The molecule has 5 rings (SSSR count). The summed E-state index contributed by atoms with van der Waals surface area (Å²) in [6.07, 6.45) is 0. The molecule has 2 heterocycles. The Morgan fingerprint density at radius 2 is 1.91 bits per heavy atom. The maximum atomic E-state index is 14.1. The molecule has 0 saturated carbocycles. The van der Waals surface area contributed by atoms with Crippen LogP contribution < -0.4 is 19.7 Å². The molecule has 0 aliphatic carbocycles. The second-order valence-corrected chi connectivity index (χ2v) is 7.98. The Morgan fingerprint density at radius 1 is 1.06 bits per heavy atom. The maximum absolute atomic E-state index is 14.1. The van der Waals surface area contributed by atoms with Gasteiger partial charge < -0.3 is 24.4 Å². The fourth-order valence-corrected chi connectivity index (χ4v) is 4.31. The quantitative estimate of drug-likeness (QED) is 0.569. The van der Waals surface area contributed by atoms with Crippen LogP contribution in [0.1, 0.15) is 22.3 Å². The molecule has 168 valence electrons. The molecule has 0 bridgehead atoms. The van der Waals surface area contributed by atoms with Crippen LogP contribution in [-0.4, -0.2) is 27.2 Å². The zero-order valence-electron chi connectivity index (χ0n) is 18.6. The Labute approximate surface area is 191 Å². The highest BCUT2D eigenvalue weighted by Gasteiger charge is 2.34. The molecule has 0 unspecified atom stereocenters. The number of ether oxygens (including phenoxy) is 3. The lowest BCUT2D eigenvalue weighted by Gasteiger charge is -2.21. The standard InChI is InChI=1S/C26H23FN2O4/c1-29(13-15-7-9-18(31-2)12-22(15)32-3)17-8-10-19-16(11-17)14-33-25(19)23-20-5-4-6-21(27)24(20)28-26(23)30/h4-12H,13-14H2,1-3H3,(H,28,30)/b25-23+. The van der Waals surface area contributed by atoms with Gasteiger partial charge in [0.25, 0.3) is 5.91 Å². The molecular weight excluding hydrogens is 423 g/mol. The topological polar surface area (TPSA) is 60.0 Å². The second-order valence-electron chi connectivity index (χ2n) is 7.98. The summed E-state index contributed by atoms with van der Waals surface area (Å²) in [4.78, 5) is 14.7. The van der Waals surface area contributed by atoms with E-state index in [0.717, 1.165) is 33.9 Å². The van der Waals surface area contributed by atoms with Crippen molar-refractivity contribution in [3.63, 3.8) is 0 Å². The monoisotopic (exact) mass is 446 g/mol. The van der Waals surface area contributed by atoms with Gasteiger partial charge in [0.1, 0.15) is 29.7 Å². The molecule has 0 saturated heterocycles. The van der Waals surface area contributed by atoms with Gasteiger partial charge in [-0.1, -0.05) is 12.1 Å². The number of carbonyl (C=O) groups is 1. The van der Waals surface area contributed by atoms with E-state index in [4.69, 9.17) is 14.2 Å². The number of benzene rings is 3. The highest BCUT2D eigenvalue weighted by atomic mass is 19.1. The van der Waals surface area contributed by atoms with Crippen LogP contribution in [0.4, 0.5) is 15.8 Å². The van der Waals surface area contributed by atoms with Crippen molar-refractivity contribution >= 4 is 28.6 Å². The van der Waals surface area contributed by atoms with Crippen LogP contribution in [0.3, 0.4) is 0 Å². The van der Waals surface area contributed by atoms with Crippen LogP contribution in [0, 0.1) is 5.82 Å². The summed E-state index contributed by atoms with van der Waals surface area (Å²) in [5, 5.41) is 2.62. The molecule has 0 aromatic heterocycles. The summed E-state index contributed by atoms with van der Waals surface area (Å²) in [6, 6.07) is 16.4. The summed E-state index contributed by atoms with van der Waals surface area (Å²) in [6.45, 7) is 0.982. The first-order valence-corrected chi connectivity index (χ1v) is 10.5. The number of anilines is 2. The Balaban J connectivity index is 1.45. The smallest absolute Gasteiger partial charge is 0.260 e. The molecule has 0 fully saturated rings. The molecule has 6 nitrogen and oxygen atoms in total. The number of rotatable bonds is 5. The number of hydrogen-bond donors (Lipinski definition) is 1. The van der Waals surface area contributed by atoms with E-state index < -0.39 is 5.82 Å². The normalized spacial score (nSPS) is 16.1. The second kappa shape index (κ2) is 8.16. The van der Waals surface area contributed by atoms with Crippen molar-refractivity contribution in [3.8, 4) is 11.5 Å². The van der Waals surface area contributed by atoms with Crippen LogP contribution >= 0.6 is 0 Å². The van der Waals surface area contributed by atoms with Crippen molar-refractivity contribution in [3.05, 3.63) is 82.7 Å². The van der Waals surface area contributed by atoms with E-state index in [0.29, 0.717) is 30.0 Å². The Hall–Kier alpha value is -4.00. The van der Waals surface area contributed by atoms with Crippen molar-refractivity contribution in [2.75, 3.05) is 31.5 Å². The number of fused-ring (bicyclic) bond motifs is 2. The first-order valence-electron chi connectivity index (χ1n) is 10.5. The number of halogens is 1. The van der Waals surface area contributed by atoms with Crippen molar-refractivity contribution in [1.82, 2.24) is 0 Å². The minimum atomic E-state index is -0.458. The fraction of sp³-hybridized carbons (Fsp3) is 0.192. The number of para-hydroxylation sites is 1. The van der Waals surface area contributed by atoms with Gasteiger partial charge in [-0.3, -0.25) is 4.79 Å². The average Bonchev–Trinajstić information content (AvgIpc) is 3.39. The van der Waals surface area contributed by atoms with E-state index in [1.165, 1.54) is 6.07 Å². The Morgan fingerprint density at radius 3 is 2.70 bits per heavy atom. The lowest BCUT2D eigenvalue weighted by atomic mass is 10.00. The number of carbonyl (C=O) groups excluding carboxylic acids is 1. The molecule has 3 aromatic carbocycles. The zero-order chi connectivity index (χ0) is 23.1. The summed E-state index contributed by atoms with van der Waals surface area (Å²) in [5.74, 6) is 1.17. The zero-order valence-corrected chi connectivity index (χ0v) is 18.6. The molecule has 1 N–H and O–H groups in total. The predicted molar refractivity (Wildman–Crippen MR) is 125 cm³/mol. The summed E-state index contributed by atoms with van der Waals surface area (Å²) in [5.41, 5.74) is 4.94. The third kappa shape index (κ3) is 3.55. The lowest BCUT2D eigenvalue weighted by molar-refractivity contribution is -0.110. The minimum Gasteiger partial charge on any atom is -0.497 e. The molecule has 2 aliphatic rings. The molecule has 0 radical (unpaired) electrons. The largest absolute Gasteiger partial charge is 0.497 e. The van der Waals surface area contributed by atoms with E-state index in [-0.39, 0.29) is 11.6 Å². The number of nitrogens with one attached hydrogen (secondary N) is 1. The number of methoxy groups -OCH3 is 2.